The molecular weight excluding hydrogens is 262 g/mol. The molecule has 0 unspecified atom stereocenters. The molecule has 2 aromatic heterocycles. The normalized spacial score (nSPS) is 11.5. The van der Waals surface area contributed by atoms with Crippen LogP contribution >= 0.6 is 11.6 Å². The maximum atomic E-state index is 13.7. The van der Waals surface area contributed by atoms with E-state index in [1.165, 1.54) is 22.7 Å². The molecule has 92 valence electrons. The number of H-pyrrole nitrogens is 1. The largest absolute Gasteiger partial charge is 0.319 e. The fourth-order valence-corrected chi connectivity index (χ4v) is 2.22. The molecular formula is C12H7ClF2N2O. The molecule has 3 rings (SSSR count). The fourth-order valence-electron chi connectivity index (χ4n) is 2.02. The molecule has 2 heterocycles. The van der Waals surface area contributed by atoms with Gasteiger partial charge in [0.25, 0.3) is 5.56 Å². The number of nitrogens with one attached hydrogen (secondary N) is 1. The summed E-state index contributed by atoms with van der Waals surface area (Å²) >= 11 is 5.60. The van der Waals surface area contributed by atoms with Gasteiger partial charge in [0, 0.05) is 17.8 Å². The summed E-state index contributed by atoms with van der Waals surface area (Å²) in [7, 11) is 0. The first-order valence-electron chi connectivity index (χ1n) is 5.19. The third-order valence-corrected chi connectivity index (χ3v) is 3.16. The van der Waals surface area contributed by atoms with Gasteiger partial charge in [-0.1, -0.05) is 0 Å². The lowest BCUT2D eigenvalue weighted by Crippen LogP contribution is -2.11. The van der Waals surface area contributed by atoms with Gasteiger partial charge >= 0.3 is 0 Å². The number of halogens is 3. The molecule has 3 aromatic rings. The third kappa shape index (κ3) is 1.44. The van der Waals surface area contributed by atoms with E-state index < -0.39 is 17.2 Å². The average Bonchev–Trinajstić information content (AvgIpc) is 2.73. The van der Waals surface area contributed by atoms with Crippen LogP contribution in [0.25, 0.3) is 16.6 Å². The molecule has 0 aliphatic carbocycles. The minimum atomic E-state index is -0.639. The van der Waals surface area contributed by atoms with Gasteiger partial charge < -0.3 is 9.38 Å². The summed E-state index contributed by atoms with van der Waals surface area (Å²) in [5.41, 5.74) is 0.407. The average molecular weight is 269 g/mol. The van der Waals surface area contributed by atoms with Crippen LogP contribution in [0.1, 0.15) is 5.56 Å². The fraction of sp³-hybridized carbons (Fsp3) is 0.0833. The van der Waals surface area contributed by atoms with Crippen molar-refractivity contribution in [2.75, 3.05) is 0 Å². The predicted octanol–water partition coefficient (Wildman–Crippen LogP) is 2.80. The van der Waals surface area contributed by atoms with Crippen LogP contribution in [0, 0.1) is 11.6 Å². The number of hydrogen-bond donors (Lipinski definition) is 1. The monoisotopic (exact) mass is 268 g/mol. The summed E-state index contributed by atoms with van der Waals surface area (Å²) in [5.74, 6) is -1.12. The van der Waals surface area contributed by atoms with Gasteiger partial charge in [-0.15, -0.1) is 11.6 Å². The molecule has 0 aliphatic rings. The molecule has 1 N–H and O–H groups in total. The Morgan fingerprint density at radius 2 is 2.06 bits per heavy atom. The molecule has 0 spiro atoms. The van der Waals surface area contributed by atoms with E-state index in [1.54, 1.807) is 0 Å². The number of benzene rings is 1. The van der Waals surface area contributed by atoms with Gasteiger partial charge in [-0.3, -0.25) is 4.79 Å². The molecule has 6 heteroatoms. The lowest BCUT2D eigenvalue weighted by Gasteiger charge is -2.05. The van der Waals surface area contributed by atoms with Crippen molar-refractivity contribution >= 4 is 28.2 Å². The number of nitrogens with zero attached hydrogens (tertiary/aromatic N) is 1. The highest BCUT2D eigenvalue weighted by atomic mass is 35.5. The molecule has 0 atom stereocenters. The Bertz CT molecular complexity index is 822. The van der Waals surface area contributed by atoms with Crippen molar-refractivity contribution in [1.29, 1.82) is 0 Å². The molecule has 0 amide bonds. The highest BCUT2D eigenvalue weighted by molar-refractivity contribution is 6.17. The zero-order valence-electron chi connectivity index (χ0n) is 9.01. The van der Waals surface area contributed by atoms with Gasteiger partial charge in [0.2, 0.25) is 0 Å². The van der Waals surface area contributed by atoms with Crippen molar-refractivity contribution in [1.82, 2.24) is 9.38 Å². The summed E-state index contributed by atoms with van der Waals surface area (Å²) in [4.78, 5) is 14.2. The number of aromatic nitrogens is 2. The van der Waals surface area contributed by atoms with Crippen molar-refractivity contribution < 1.29 is 8.78 Å². The molecule has 0 bridgehead atoms. The standard InChI is InChI=1S/C12H7ClF2N2O/c13-5-6-3-9-10(4-8(6)15)17-2-1-7(14)11(17)12(18)16-9/h1-4H,5H2,(H,16,18). The maximum Gasteiger partial charge on any atom is 0.275 e. The molecule has 0 fully saturated rings. The van der Waals surface area contributed by atoms with E-state index in [4.69, 9.17) is 11.6 Å². The van der Waals surface area contributed by atoms with E-state index in [-0.39, 0.29) is 17.0 Å². The predicted molar refractivity (Wildman–Crippen MR) is 65.0 cm³/mol. The SMILES string of the molecule is O=c1[nH]c2cc(CCl)c(F)cc2n2ccc(F)c12. The summed E-state index contributed by atoms with van der Waals surface area (Å²) in [6.45, 7) is 0. The molecule has 0 saturated carbocycles. The number of aromatic amines is 1. The summed E-state index contributed by atoms with van der Waals surface area (Å²) < 4.78 is 28.4. The zero-order valence-corrected chi connectivity index (χ0v) is 9.76. The van der Waals surface area contributed by atoms with Gasteiger partial charge in [0.15, 0.2) is 5.82 Å². The maximum absolute atomic E-state index is 13.7. The van der Waals surface area contributed by atoms with Crippen LogP contribution in [0.2, 0.25) is 0 Å². The zero-order chi connectivity index (χ0) is 12.9. The number of fused-ring (bicyclic) bond motifs is 3. The minimum Gasteiger partial charge on any atom is -0.319 e. The molecule has 1 aromatic carbocycles. The van der Waals surface area contributed by atoms with Crippen LogP contribution in [0.5, 0.6) is 0 Å². The Hall–Kier alpha value is -1.88. The summed E-state index contributed by atoms with van der Waals surface area (Å²) in [6.07, 6.45) is 1.39. The lowest BCUT2D eigenvalue weighted by molar-refractivity contribution is 0.618. The molecule has 0 radical (unpaired) electrons. The second-order valence-corrected chi connectivity index (χ2v) is 4.20. The van der Waals surface area contributed by atoms with E-state index in [2.05, 4.69) is 4.98 Å². The van der Waals surface area contributed by atoms with Crippen LogP contribution in [-0.4, -0.2) is 9.38 Å². The van der Waals surface area contributed by atoms with E-state index in [1.807, 2.05) is 0 Å². The molecule has 0 aliphatic heterocycles. The van der Waals surface area contributed by atoms with Crippen molar-refractivity contribution in [3.8, 4) is 0 Å². The van der Waals surface area contributed by atoms with E-state index in [9.17, 15) is 13.6 Å². The topological polar surface area (TPSA) is 37.3 Å². The smallest absolute Gasteiger partial charge is 0.275 e. The number of alkyl halides is 1. The highest BCUT2D eigenvalue weighted by Gasteiger charge is 2.12. The van der Waals surface area contributed by atoms with Crippen LogP contribution in [0.4, 0.5) is 8.78 Å². The van der Waals surface area contributed by atoms with Crippen LogP contribution in [0.15, 0.2) is 29.2 Å². The van der Waals surface area contributed by atoms with Crippen molar-refractivity contribution in [2.24, 2.45) is 0 Å². The van der Waals surface area contributed by atoms with Gasteiger partial charge in [-0.2, -0.15) is 0 Å². The van der Waals surface area contributed by atoms with Gasteiger partial charge in [0.05, 0.1) is 16.9 Å². The van der Waals surface area contributed by atoms with Crippen molar-refractivity contribution in [3.05, 3.63) is 51.9 Å². The minimum absolute atomic E-state index is 0.00187. The summed E-state index contributed by atoms with van der Waals surface area (Å²) in [5, 5.41) is 0. The Balaban J connectivity index is 2.55. The first-order valence-corrected chi connectivity index (χ1v) is 5.72. The molecule has 0 saturated heterocycles. The van der Waals surface area contributed by atoms with E-state index in [0.29, 0.717) is 11.0 Å². The van der Waals surface area contributed by atoms with Gasteiger partial charge in [0.1, 0.15) is 11.3 Å². The first-order chi connectivity index (χ1) is 8.61. The van der Waals surface area contributed by atoms with Crippen LogP contribution in [0.3, 0.4) is 0 Å². The van der Waals surface area contributed by atoms with E-state index in [0.717, 1.165) is 6.07 Å². The van der Waals surface area contributed by atoms with Crippen LogP contribution < -0.4 is 5.56 Å². The lowest BCUT2D eigenvalue weighted by atomic mass is 10.2. The number of rotatable bonds is 1. The Labute approximate surface area is 105 Å². The molecule has 3 nitrogen and oxygen atoms in total. The second-order valence-electron chi connectivity index (χ2n) is 3.93. The number of hydrogen-bond acceptors (Lipinski definition) is 1. The van der Waals surface area contributed by atoms with Gasteiger partial charge in [-0.05, 0) is 12.1 Å². The quantitative estimate of drug-likeness (QED) is 0.677. The third-order valence-electron chi connectivity index (χ3n) is 2.87. The molecule has 18 heavy (non-hydrogen) atoms. The van der Waals surface area contributed by atoms with E-state index >= 15 is 0 Å². The highest BCUT2D eigenvalue weighted by Crippen LogP contribution is 2.20. The van der Waals surface area contributed by atoms with Crippen LogP contribution in [-0.2, 0) is 5.88 Å². The Morgan fingerprint density at radius 1 is 1.28 bits per heavy atom. The first kappa shape index (κ1) is 11.2. The Kier molecular flexibility index (Phi) is 2.38. The van der Waals surface area contributed by atoms with Gasteiger partial charge in [-0.25, -0.2) is 8.78 Å². The van der Waals surface area contributed by atoms with Crippen molar-refractivity contribution in [3.63, 3.8) is 0 Å². The Morgan fingerprint density at radius 3 is 2.78 bits per heavy atom. The second kappa shape index (κ2) is 3.81. The van der Waals surface area contributed by atoms with Crippen molar-refractivity contribution in [2.45, 2.75) is 5.88 Å². The summed E-state index contributed by atoms with van der Waals surface area (Å²) in [6, 6.07) is 3.85.